The van der Waals surface area contributed by atoms with Crippen LogP contribution in [-0.2, 0) is 14.3 Å². The summed E-state index contributed by atoms with van der Waals surface area (Å²) in [6, 6.07) is -0.358. The van der Waals surface area contributed by atoms with E-state index in [0.29, 0.717) is 19.8 Å². The largest absolute Gasteiger partial charge is 0.382 e. The van der Waals surface area contributed by atoms with Gasteiger partial charge in [-0.1, -0.05) is 20.3 Å². The van der Waals surface area contributed by atoms with Gasteiger partial charge < -0.3 is 15.0 Å². The Morgan fingerprint density at radius 3 is 2.78 bits per heavy atom. The van der Waals surface area contributed by atoms with Crippen LogP contribution < -0.4 is 5.32 Å². The Labute approximate surface area is 109 Å². The number of hydrogen-bond donors (Lipinski definition) is 1. The van der Waals surface area contributed by atoms with Gasteiger partial charge in [-0.25, -0.2) is 0 Å². The Morgan fingerprint density at radius 1 is 1.44 bits per heavy atom. The molecule has 5 nitrogen and oxygen atoms in total. The molecule has 1 aliphatic heterocycles. The van der Waals surface area contributed by atoms with E-state index in [-0.39, 0.29) is 30.3 Å². The minimum atomic E-state index is -0.358. The maximum atomic E-state index is 12.2. The van der Waals surface area contributed by atoms with Crippen molar-refractivity contribution >= 4 is 11.8 Å². The van der Waals surface area contributed by atoms with Gasteiger partial charge in [0.05, 0.1) is 6.54 Å². The zero-order valence-corrected chi connectivity index (χ0v) is 11.6. The fourth-order valence-corrected chi connectivity index (χ4v) is 2.04. The average Bonchev–Trinajstić information content (AvgIpc) is 2.37. The molecule has 0 aliphatic carbocycles. The first-order chi connectivity index (χ1) is 8.60. The molecule has 0 aromatic heterocycles. The van der Waals surface area contributed by atoms with Crippen molar-refractivity contribution in [2.24, 2.45) is 5.92 Å². The van der Waals surface area contributed by atoms with Gasteiger partial charge in [-0.15, -0.1) is 0 Å². The maximum Gasteiger partial charge on any atom is 0.245 e. The highest BCUT2D eigenvalue weighted by Gasteiger charge is 2.34. The molecular formula is C13H24N2O3. The predicted octanol–water partition coefficient (Wildman–Crippen LogP) is 0.786. The van der Waals surface area contributed by atoms with Gasteiger partial charge in [0.1, 0.15) is 6.04 Å². The first kappa shape index (κ1) is 15.0. The van der Waals surface area contributed by atoms with Crippen LogP contribution in [0, 0.1) is 5.92 Å². The van der Waals surface area contributed by atoms with Crippen LogP contribution in [0.1, 0.15) is 33.6 Å². The highest BCUT2D eigenvalue weighted by atomic mass is 16.5. The molecule has 0 radical (unpaired) electrons. The lowest BCUT2D eigenvalue weighted by Crippen LogP contribution is -2.60. The summed E-state index contributed by atoms with van der Waals surface area (Å²) >= 11 is 0. The van der Waals surface area contributed by atoms with Gasteiger partial charge in [-0.3, -0.25) is 9.59 Å². The number of ether oxygens (including phenoxy) is 1. The van der Waals surface area contributed by atoms with Gasteiger partial charge >= 0.3 is 0 Å². The van der Waals surface area contributed by atoms with E-state index in [1.807, 2.05) is 20.8 Å². The minimum absolute atomic E-state index is 0.0421. The van der Waals surface area contributed by atoms with Crippen molar-refractivity contribution in [1.29, 1.82) is 0 Å². The number of rotatable bonds is 7. The molecule has 1 aliphatic rings. The fraction of sp³-hybridized carbons (Fsp3) is 0.846. The van der Waals surface area contributed by atoms with Gasteiger partial charge in [0.25, 0.3) is 0 Å². The normalized spacial score (nSPS) is 21.9. The second-order valence-corrected chi connectivity index (χ2v) is 4.74. The van der Waals surface area contributed by atoms with E-state index in [0.717, 1.165) is 12.8 Å². The monoisotopic (exact) mass is 256 g/mol. The van der Waals surface area contributed by atoms with E-state index in [9.17, 15) is 9.59 Å². The molecule has 104 valence electrons. The van der Waals surface area contributed by atoms with Crippen molar-refractivity contribution in [2.45, 2.75) is 39.7 Å². The molecule has 1 N–H and O–H groups in total. The van der Waals surface area contributed by atoms with Crippen molar-refractivity contribution in [1.82, 2.24) is 10.2 Å². The summed E-state index contributed by atoms with van der Waals surface area (Å²) in [6.45, 7) is 8.06. The molecule has 5 heteroatoms. The quantitative estimate of drug-likeness (QED) is 0.685. The summed E-state index contributed by atoms with van der Waals surface area (Å²) in [4.78, 5) is 25.5. The fourth-order valence-electron chi connectivity index (χ4n) is 2.04. The summed E-state index contributed by atoms with van der Waals surface area (Å²) < 4.78 is 5.24. The van der Waals surface area contributed by atoms with Crippen LogP contribution in [0.4, 0.5) is 0 Å². The summed E-state index contributed by atoms with van der Waals surface area (Å²) in [5.74, 6) is 0.160. The molecule has 1 rings (SSSR count). The third kappa shape index (κ3) is 3.98. The molecule has 1 fully saturated rings. The Bertz CT molecular complexity index is 294. The van der Waals surface area contributed by atoms with E-state index < -0.39 is 0 Å². The lowest BCUT2D eigenvalue weighted by Gasteiger charge is -2.35. The molecule has 0 saturated carbocycles. The van der Waals surface area contributed by atoms with Crippen LogP contribution >= 0.6 is 0 Å². The van der Waals surface area contributed by atoms with E-state index in [2.05, 4.69) is 5.32 Å². The molecule has 18 heavy (non-hydrogen) atoms. The summed E-state index contributed by atoms with van der Waals surface area (Å²) in [7, 11) is 0. The van der Waals surface area contributed by atoms with Crippen LogP contribution in [-0.4, -0.2) is 49.1 Å². The lowest BCUT2D eigenvalue weighted by atomic mass is 9.96. The van der Waals surface area contributed by atoms with Crippen molar-refractivity contribution < 1.29 is 14.3 Å². The van der Waals surface area contributed by atoms with Gasteiger partial charge in [-0.05, 0) is 19.3 Å². The van der Waals surface area contributed by atoms with Gasteiger partial charge in [0.2, 0.25) is 11.8 Å². The van der Waals surface area contributed by atoms with Crippen molar-refractivity contribution in [3.8, 4) is 0 Å². The van der Waals surface area contributed by atoms with Gasteiger partial charge in [0.15, 0.2) is 0 Å². The van der Waals surface area contributed by atoms with Crippen LogP contribution in [0.3, 0.4) is 0 Å². The molecule has 0 bridgehead atoms. The Hall–Kier alpha value is -1.10. The maximum absolute atomic E-state index is 12.2. The molecule has 0 aromatic carbocycles. The Kier molecular flexibility index (Phi) is 6.12. The molecule has 1 saturated heterocycles. The number of piperazine rings is 1. The molecule has 1 heterocycles. The number of carbonyl (C=O) groups excluding carboxylic acids is 2. The smallest absolute Gasteiger partial charge is 0.245 e. The van der Waals surface area contributed by atoms with E-state index in [1.54, 1.807) is 4.90 Å². The van der Waals surface area contributed by atoms with Gasteiger partial charge in [0, 0.05) is 19.8 Å². The third-order valence-electron chi connectivity index (χ3n) is 3.36. The summed E-state index contributed by atoms with van der Waals surface area (Å²) in [5.41, 5.74) is 0. The van der Waals surface area contributed by atoms with E-state index >= 15 is 0 Å². The lowest BCUT2D eigenvalue weighted by molar-refractivity contribution is -0.145. The van der Waals surface area contributed by atoms with Crippen molar-refractivity contribution in [3.63, 3.8) is 0 Å². The zero-order valence-electron chi connectivity index (χ0n) is 11.6. The van der Waals surface area contributed by atoms with E-state index in [4.69, 9.17) is 4.74 Å². The van der Waals surface area contributed by atoms with Crippen molar-refractivity contribution in [2.75, 3.05) is 26.3 Å². The van der Waals surface area contributed by atoms with Crippen molar-refractivity contribution in [3.05, 3.63) is 0 Å². The molecule has 0 spiro atoms. The summed E-state index contributed by atoms with van der Waals surface area (Å²) in [5, 5.41) is 2.79. The second kappa shape index (κ2) is 7.36. The third-order valence-corrected chi connectivity index (χ3v) is 3.36. The zero-order chi connectivity index (χ0) is 13.5. The highest BCUT2D eigenvalue weighted by Crippen LogP contribution is 2.14. The van der Waals surface area contributed by atoms with Crippen LogP contribution in [0.2, 0.25) is 0 Å². The predicted molar refractivity (Wildman–Crippen MR) is 69.1 cm³/mol. The standard InChI is InChI=1S/C13H24N2O3/c1-4-10(3)12-13(17)15(9-11(16)14-12)7-6-8-18-5-2/h10,12H,4-9H2,1-3H3,(H,14,16). The molecule has 2 atom stereocenters. The number of carbonyl (C=O) groups is 2. The SMILES string of the molecule is CCOCCCN1CC(=O)NC(C(C)CC)C1=O. The molecular weight excluding hydrogens is 232 g/mol. The number of nitrogens with one attached hydrogen (secondary N) is 1. The average molecular weight is 256 g/mol. The number of amides is 2. The van der Waals surface area contributed by atoms with E-state index in [1.165, 1.54) is 0 Å². The Morgan fingerprint density at radius 2 is 2.17 bits per heavy atom. The number of hydrogen-bond acceptors (Lipinski definition) is 3. The minimum Gasteiger partial charge on any atom is -0.382 e. The first-order valence-corrected chi connectivity index (χ1v) is 6.76. The Balaban J connectivity index is 2.51. The topological polar surface area (TPSA) is 58.6 Å². The number of nitrogens with zero attached hydrogens (tertiary/aromatic N) is 1. The summed E-state index contributed by atoms with van der Waals surface area (Å²) in [6.07, 6.45) is 1.66. The molecule has 2 unspecified atom stereocenters. The van der Waals surface area contributed by atoms with Gasteiger partial charge in [-0.2, -0.15) is 0 Å². The second-order valence-electron chi connectivity index (χ2n) is 4.74. The van der Waals surface area contributed by atoms with Crippen LogP contribution in [0.5, 0.6) is 0 Å². The molecule has 0 aromatic rings. The van der Waals surface area contributed by atoms with Crippen LogP contribution in [0.25, 0.3) is 0 Å². The van der Waals surface area contributed by atoms with Crippen LogP contribution in [0.15, 0.2) is 0 Å². The first-order valence-electron chi connectivity index (χ1n) is 6.76. The highest BCUT2D eigenvalue weighted by molar-refractivity contribution is 5.94. The molecule has 2 amide bonds.